The first kappa shape index (κ1) is 12.1. The summed E-state index contributed by atoms with van der Waals surface area (Å²) in [5, 5.41) is 17.2. The van der Waals surface area contributed by atoms with Crippen LogP contribution < -0.4 is 4.74 Å². The Kier molecular flexibility index (Phi) is 3.27. The van der Waals surface area contributed by atoms with Crippen LogP contribution in [0.4, 0.5) is 0 Å². The third-order valence-corrected chi connectivity index (χ3v) is 2.48. The third kappa shape index (κ3) is 2.17. The number of rotatable bonds is 4. The molecule has 1 aromatic heterocycles. The van der Waals surface area contributed by atoms with Gasteiger partial charge in [-0.2, -0.15) is 9.90 Å². The van der Waals surface area contributed by atoms with E-state index in [4.69, 9.17) is 9.84 Å². The van der Waals surface area contributed by atoms with Gasteiger partial charge in [-0.1, -0.05) is 12.1 Å². The summed E-state index contributed by atoms with van der Waals surface area (Å²) < 4.78 is 5.11. The van der Waals surface area contributed by atoms with Gasteiger partial charge in [0, 0.05) is 5.56 Å². The Balaban J connectivity index is 2.54. The molecule has 18 heavy (non-hydrogen) atoms. The summed E-state index contributed by atoms with van der Waals surface area (Å²) >= 11 is 0. The summed E-state index contributed by atoms with van der Waals surface area (Å²) in [6.45, 7) is 2.37. The molecule has 94 valence electrons. The van der Waals surface area contributed by atoms with Gasteiger partial charge in [0.05, 0.1) is 13.7 Å². The molecule has 0 atom stereocenters. The van der Waals surface area contributed by atoms with Crippen LogP contribution in [0.5, 0.6) is 5.75 Å². The molecule has 0 amide bonds. The molecular formula is C12H13N3O3. The zero-order valence-corrected chi connectivity index (χ0v) is 10.1. The normalized spacial score (nSPS) is 10.3. The van der Waals surface area contributed by atoms with Crippen molar-refractivity contribution in [3.8, 4) is 17.0 Å². The zero-order valence-electron chi connectivity index (χ0n) is 10.1. The predicted octanol–water partition coefficient (Wildman–Crippen LogP) is 1.67. The summed E-state index contributed by atoms with van der Waals surface area (Å²) in [6, 6.07) is 7.08. The van der Waals surface area contributed by atoms with Crippen LogP contribution in [0.1, 0.15) is 17.4 Å². The standard InChI is InChI=1S/C12H13N3O3/c1-3-15-13-10(11(14-15)12(16)17)8-5-4-6-9(7-8)18-2/h4-7H,3H2,1-2H3,(H,16,17). The van der Waals surface area contributed by atoms with Gasteiger partial charge >= 0.3 is 5.97 Å². The molecule has 0 bridgehead atoms. The molecule has 2 aromatic rings. The number of aromatic carboxylic acids is 1. The van der Waals surface area contributed by atoms with Gasteiger partial charge in [-0.05, 0) is 19.1 Å². The number of ether oxygens (including phenoxy) is 1. The van der Waals surface area contributed by atoms with Crippen LogP contribution in [0.3, 0.4) is 0 Å². The summed E-state index contributed by atoms with van der Waals surface area (Å²) in [4.78, 5) is 12.5. The Morgan fingerprint density at radius 1 is 1.44 bits per heavy atom. The predicted molar refractivity (Wildman–Crippen MR) is 64.6 cm³/mol. The van der Waals surface area contributed by atoms with Crippen molar-refractivity contribution in [3.05, 3.63) is 30.0 Å². The molecule has 6 nitrogen and oxygen atoms in total. The van der Waals surface area contributed by atoms with Crippen LogP contribution in [-0.2, 0) is 6.54 Å². The van der Waals surface area contributed by atoms with Crippen molar-refractivity contribution >= 4 is 5.97 Å². The first-order chi connectivity index (χ1) is 8.65. The largest absolute Gasteiger partial charge is 0.497 e. The highest BCUT2D eigenvalue weighted by Crippen LogP contribution is 2.24. The zero-order chi connectivity index (χ0) is 13.1. The SMILES string of the molecule is CCn1nc(C(=O)O)c(-c2cccc(OC)c2)n1. The summed E-state index contributed by atoms with van der Waals surface area (Å²) in [5.41, 5.74) is 0.972. The van der Waals surface area contributed by atoms with Crippen LogP contribution in [0.2, 0.25) is 0 Å². The maximum absolute atomic E-state index is 11.1. The second-order valence-electron chi connectivity index (χ2n) is 3.62. The number of hydrogen-bond acceptors (Lipinski definition) is 4. The van der Waals surface area contributed by atoms with E-state index in [0.717, 1.165) is 0 Å². The third-order valence-electron chi connectivity index (χ3n) is 2.48. The Morgan fingerprint density at radius 3 is 2.83 bits per heavy atom. The van der Waals surface area contributed by atoms with Crippen LogP contribution >= 0.6 is 0 Å². The summed E-state index contributed by atoms with van der Waals surface area (Å²) in [5.74, 6) is -0.442. The van der Waals surface area contributed by atoms with Gasteiger partial charge in [0.15, 0.2) is 5.69 Å². The molecular weight excluding hydrogens is 234 g/mol. The van der Waals surface area contributed by atoms with E-state index in [1.165, 1.54) is 4.80 Å². The molecule has 0 aliphatic rings. The van der Waals surface area contributed by atoms with Crippen molar-refractivity contribution in [2.45, 2.75) is 13.5 Å². The number of aromatic nitrogens is 3. The number of benzene rings is 1. The van der Waals surface area contributed by atoms with Crippen LogP contribution in [0, 0.1) is 0 Å². The molecule has 1 heterocycles. The van der Waals surface area contributed by atoms with Crippen molar-refractivity contribution in [2.24, 2.45) is 0 Å². The Morgan fingerprint density at radius 2 is 2.22 bits per heavy atom. The lowest BCUT2D eigenvalue weighted by atomic mass is 10.1. The van der Waals surface area contributed by atoms with Gasteiger partial charge in [0.25, 0.3) is 0 Å². The van der Waals surface area contributed by atoms with Gasteiger partial charge in [-0.3, -0.25) is 0 Å². The van der Waals surface area contributed by atoms with E-state index in [1.807, 2.05) is 6.92 Å². The smallest absolute Gasteiger partial charge is 0.358 e. The Labute approximate surface area is 104 Å². The van der Waals surface area contributed by atoms with Crippen LogP contribution in [-0.4, -0.2) is 33.2 Å². The lowest BCUT2D eigenvalue weighted by Gasteiger charge is -2.02. The number of hydrogen-bond donors (Lipinski definition) is 1. The van der Waals surface area contributed by atoms with Gasteiger partial charge < -0.3 is 9.84 Å². The van der Waals surface area contributed by atoms with E-state index in [9.17, 15) is 4.79 Å². The van der Waals surface area contributed by atoms with E-state index >= 15 is 0 Å². The molecule has 0 radical (unpaired) electrons. The van der Waals surface area contributed by atoms with E-state index in [1.54, 1.807) is 31.4 Å². The van der Waals surface area contributed by atoms with Gasteiger partial charge in [-0.15, -0.1) is 5.10 Å². The molecule has 0 aliphatic heterocycles. The number of carboxylic acids is 1. The second-order valence-corrected chi connectivity index (χ2v) is 3.62. The average molecular weight is 247 g/mol. The molecule has 0 spiro atoms. The highest BCUT2D eigenvalue weighted by molar-refractivity contribution is 5.92. The van der Waals surface area contributed by atoms with Gasteiger partial charge in [0.1, 0.15) is 11.4 Å². The quantitative estimate of drug-likeness (QED) is 0.889. The summed E-state index contributed by atoms with van der Waals surface area (Å²) in [6.07, 6.45) is 0. The Bertz CT molecular complexity index is 578. The second kappa shape index (κ2) is 4.87. The summed E-state index contributed by atoms with van der Waals surface area (Å²) in [7, 11) is 1.56. The Hall–Kier alpha value is -2.37. The molecule has 1 aromatic carbocycles. The van der Waals surface area contributed by atoms with Crippen molar-refractivity contribution in [1.29, 1.82) is 0 Å². The molecule has 2 rings (SSSR count). The van der Waals surface area contributed by atoms with E-state index in [0.29, 0.717) is 23.6 Å². The maximum atomic E-state index is 11.1. The van der Waals surface area contributed by atoms with Gasteiger partial charge in [0.2, 0.25) is 0 Å². The topological polar surface area (TPSA) is 77.2 Å². The molecule has 1 N–H and O–H groups in total. The molecule has 6 heteroatoms. The number of aryl methyl sites for hydroxylation is 1. The first-order valence-electron chi connectivity index (χ1n) is 5.48. The van der Waals surface area contributed by atoms with Crippen molar-refractivity contribution in [3.63, 3.8) is 0 Å². The fourth-order valence-electron chi connectivity index (χ4n) is 1.60. The molecule has 0 aliphatic carbocycles. The fourth-order valence-corrected chi connectivity index (χ4v) is 1.60. The number of nitrogens with zero attached hydrogens (tertiary/aromatic N) is 3. The highest BCUT2D eigenvalue weighted by atomic mass is 16.5. The molecule has 0 saturated heterocycles. The average Bonchev–Trinajstić information content (AvgIpc) is 2.83. The maximum Gasteiger partial charge on any atom is 0.358 e. The van der Waals surface area contributed by atoms with Crippen LogP contribution in [0.15, 0.2) is 24.3 Å². The molecule has 0 fully saturated rings. The van der Waals surface area contributed by atoms with Crippen molar-refractivity contribution in [2.75, 3.05) is 7.11 Å². The van der Waals surface area contributed by atoms with E-state index < -0.39 is 5.97 Å². The van der Waals surface area contributed by atoms with E-state index in [-0.39, 0.29) is 5.69 Å². The lowest BCUT2D eigenvalue weighted by molar-refractivity contribution is 0.0690. The van der Waals surface area contributed by atoms with E-state index in [2.05, 4.69) is 10.2 Å². The number of carboxylic acid groups (broad SMARTS) is 1. The minimum absolute atomic E-state index is 0.0508. The number of methoxy groups -OCH3 is 1. The number of carbonyl (C=O) groups is 1. The highest BCUT2D eigenvalue weighted by Gasteiger charge is 2.19. The first-order valence-corrected chi connectivity index (χ1v) is 5.48. The fraction of sp³-hybridized carbons (Fsp3) is 0.250. The minimum atomic E-state index is -1.09. The lowest BCUT2D eigenvalue weighted by Crippen LogP contribution is -2.02. The molecule has 0 saturated carbocycles. The van der Waals surface area contributed by atoms with Crippen LogP contribution in [0.25, 0.3) is 11.3 Å². The monoisotopic (exact) mass is 247 g/mol. The minimum Gasteiger partial charge on any atom is -0.497 e. The van der Waals surface area contributed by atoms with Crippen molar-refractivity contribution in [1.82, 2.24) is 15.0 Å². The molecule has 0 unspecified atom stereocenters. The van der Waals surface area contributed by atoms with Gasteiger partial charge in [-0.25, -0.2) is 4.79 Å². The van der Waals surface area contributed by atoms with Crippen molar-refractivity contribution < 1.29 is 14.6 Å².